The van der Waals surface area contributed by atoms with Crippen molar-refractivity contribution in [2.24, 2.45) is 0 Å². The molecule has 0 saturated carbocycles. The largest absolute Gasteiger partial charge is 0.497 e. The van der Waals surface area contributed by atoms with E-state index in [0.29, 0.717) is 13.0 Å². The molecule has 1 heterocycles. The van der Waals surface area contributed by atoms with E-state index in [9.17, 15) is 5.11 Å². The second-order valence-electron chi connectivity index (χ2n) is 9.33. The second-order valence-corrected chi connectivity index (χ2v) is 9.33. The third kappa shape index (κ3) is 7.74. The van der Waals surface area contributed by atoms with E-state index in [1.54, 1.807) is 14.0 Å². The minimum atomic E-state index is -1.13. The van der Waals surface area contributed by atoms with Gasteiger partial charge in [0, 0.05) is 38.4 Å². The lowest BCUT2D eigenvalue weighted by atomic mass is 9.96. The van der Waals surface area contributed by atoms with Crippen LogP contribution in [0, 0.1) is 11.8 Å². The maximum Gasteiger partial charge on any atom is 0.262 e. The third-order valence-electron chi connectivity index (χ3n) is 6.70. The Kier molecular flexibility index (Phi) is 9.45. The molecule has 194 valence electrons. The van der Waals surface area contributed by atoms with Crippen molar-refractivity contribution in [2.45, 2.75) is 38.7 Å². The number of piperazine rings is 1. The van der Waals surface area contributed by atoms with Crippen molar-refractivity contribution in [3.8, 4) is 23.3 Å². The lowest BCUT2D eigenvalue weighted by Gasteiger charge is -2.36. The Morgan fingerprint density at radius 1 is 0.865 bits per heavy atom. The van der Waals surface area contributed by atoms with Crippen LogP contribution in [-0.2, 0) is 13.2 Å². The highest BCUT2D eigenvalue weighted by Crippen LogP contribution is 2.24. The van der Waals surface area contributed by atoms with E-state index in [1.165, 1.54) is 11.3 Å². The monoisotopic (exact) mass is 501 g/mol. The van der Waals surface area contributed by atoms with E-state index < -0.39 is 6.29 Å². The van der Waals surface area contributed by atoms with Crippen LogP contribution >= 0.6 is 0 Å². The number of benzene rings is 3. The van der Waals surface area contributed by atoms with Gasteiger partial charge in [-0.25, -0.2) is 0 Å². The number of methoxy groups -OCH3 is 1. The summed E-state index contributed by atoms with van der Waals surface area (Å²) in [5.41, 5.74) is 4.68. The van der Waals surface area contributed by atoms with Crippen LogP contribution in [0.1, 0.15) is 36.0 Å². The summed E-state index contributed by atoms with van der Waals surface area (Å²) in [7, 11) is 1.70. The number of anilines is 1. The summed E-state index contributed by atoms with van der Waals surface area (Å²) in [6.07, 6.45) is -0.833. The molecule has 37 heavy (non-hydrogen) atoms. The Morgan fingerprint density at radius 2 is 1.49 bits per heavy atom. The van der Waals surface area contributed by atoms with Gasteiger partial charge in [0.2, 0.25) is 0 Å². The van der Waals surface area contributed by atoms with E-state index in [2.05, 4.69) is 58.0 Å². The van der Waals surface area contributed by atoms with Gasteiger partial charge in [-0.05, 0) is 60.0 Å². The molecule has 4 rings (SSSR count). The molecule has 0 amide bonds. The summed E-state index contributed by atoms with van der Waals surface area (Å²) < 4.78 is 11.2. The Balaban J connectivity index is 1.23. The topological polar surface area (TPSA) is 68.1 Å². The zero-order chi connectivity index (χ0) is 26.0. The number of hydrogen-bond acceptors (Lipinski definition) is 5. The molecule has 3 aromatic carbocycles. The summed E-state index contributed by atoms with van der Waals surface area (Å²) in [5.74, 6) is 7.50. The van der Waals surface area contributed by atoms with Crippen molar-refractivity contribution in [1.29, 1.82) is 0 Å². The molecule has 6 heteroatoms. The molecule has 0 radical (unpaired) electrons. The molecule has 1 saturated heterocycles. The molecule has 1 aliphatic heterocycles. The highest BCUT2D eigenvalue weighted by molar-refractivity contribution is 5.49. The van der Waals surface area contributed by atoms with Crippen molar-refractivity contribution in [2.75, 3.05) is 38.2 Å². The molecule has 1 aliphatic rings. The van der Waals surface area contributed by atoms with Crippen LogP contribution in [0.5, 0.6) is 11.5 Å². The highest BCUT2D eigenvalue weighted by atomic mass is 16.5. The predicted molar refractivity (Wildman–Crippen MR) is 148 cm³/mol. The Hall–Kier alpha value is -3.50. The maximum absolute atomic E-state index is 9.42. The molecule has 0 aliphatic carbocycles. The molecular formula is C31H37N2O4+. The normalized spacial score (nSPS) is 15.4. The lowest BCUT2D eigenvalue weighted by molar-refractivity contribution is -0.0468. The molecular weight excluding hydrogens is 464 g/mol. The fraction of sp³-hybridized carbons (Fsp3) is 0.355. The second kappa shape index (κ2) is 13.2. The number of aliphatic hydroxyl groups excluding tert-OH is 1. The highest BCUT2D eigenvalue weighted by Gasteiger charge is 2.18. The van der Waals surface area contributed by atoms with Gasteiger partial charge in [-0.3, -0.25) is 4.90 Å². The van der Waals surface area contributed by atoms with Crippen LogP contribution in [0.15, 0.2) is 72.8 Å². The fourth-order valence-electron chi connectivity index (χ4n) is 4.60. The van der Waals surface area contributed by atoms with E-state index in [4.69, 9.17) is 14.6 Å². The SMILES string of the molecule is CC#C[C@@H](CC(O)[OH2+])c1ccc(OCc2ccc(CN3CCN(c4ccc(OC)cc4)CC3)cc2)cc1. The van der Waals surface area contributed by atoms with Gasteiger partial charge < -0.3 is 24.6 Å². The van der Waals surface area contributed by atoms with Gasteiger partial charge in [0.15, 0.2) is 0 Å². The zero-order valence-corrected chi connectivity index (χ0v) is 21.7. The molecule has 0 spiro atoms. The summed E-state index contributed by atoms with van der Waals surface area (Å²) in [5, 5.41) is 16.9. The van der Waals surface area contributed by atoms with E-state index in [0.717, 1.165) is 55.3 Å². The first-order chi connectivity index (χ1) is 18.0. The minimum Gasteiger partial charge on any atom is -0.497 e. The maximum atomic E-state index is 9.42. The van der Waals surface area contributed by atoms with Gasteiger partial charge in [0.1, 0.15) is 18.1 Å². The quantitative estimate of drug-likeness (QED) is 0.257. The van der Waals surface area contributed by atoms with Crippen molar-refractivity contribution in [3.63, 3.8) is 0 Å². The standard InChI is InChI=1S/C31H36N2O4/c1-3-4-27(21-31(34)35)26-9-13-30(14-10-26)37-23-25-7-5-24(6-8-25)22-32-17-19-33(20-18-32)28-11-15-29(36-2)16-12-28/h5-16,27,31,34-35H,17-23H2,1-2H3/p+1/t27-/m0/s1. The average Bonchev–Trinajstić information content (AvgIpc) is 2.93. The molecule has 0 bridgehead atoms. The average molecular weight is 502 g/mol. The Morgan fingerprint density at radius 3 is 2.08 bits per heavy atom. The Bertz CT molecular complexity index is 1160. The van der Waals surface area contributed by atoms with Gasteiger partial charge in [0.25, 0.3) is 6.29 Å². The molecule has 1 fully saturated rings. The van der Waals surface area contributed by atoms with E-state index >= 15 is 0 Å². The number of rotatable bonds is 10. The lowest BCUT2D eigenvalue weighted by Crippen LogP contribution is -2.45. The first-order valence-electron chi connectivity index (χ1n) is 12.8. The van der Waals surface area contributed by atoms with Gasteiger partial charge in [-0.1, -0.05) is 42.3 Å². The fourth-order valence-corrected chi connectivity index (χ4v) is 4.60. The summed E-state index contributed by atoms with van der Waals surface area (Å²) >= 11 is 0. The first-order valence-corrected chi connectivity index (χ1v) is 12.8. The van der Waals surface area contributed by atoms with E-state index in [1.807, 2.05) is 36.4 Å². The number of nitrogens with zero attached hydrogens (tertiary/aromatic N) is 2. The number of hydrogen-bond donors (Lipinski definition) is 1. The van der Waals surface area contributed by atoms with Crippen LogP contribution in [0.4, 0.5) is 5.69 Å². The molecule has 2 atom stereocenters. The van der Waals surface area contributed by atoms with Gasteiger partial charge in [-0.15, -0.1) is 5.92 Å². The van der Waals surface area contributed by atoms with Crippen LogP contribution in [0.25, 0.3) is 0 Å². The van der Waals surface area contributed by atoms with Gasteiger partial charge >= 0.3 is 0 Å². The minimum absolute atomic E-state index is 0.149. The third-order valence-corrected chi connectivity index (χ3v) is 6.70. The summed E-state index contributed by atoms with van der Waals surface area (Å²) in [4.78, 5) is 4.93. The molecule has 1 unspecified atom stereocenters. The van der Waals surface area contributed by atoms with E-state index in [-0.39, 0.29) is 5.92 Å². The summed E-state index contributed by atoms with van der Waals surface area (Å²) in [6, 6.07) is 24.7. The zero-order valence-electron chi connectivity index (χ0n) is 21.7. The Labute approximate surface area is 220 Å². The van der Waals surface area contributed by atoms with Crippen molar-refractivity contribution in [3.05, 3.63) is 89.5 Å². The predicted octanol–water partition coefficient (Wildman–Crippen LogP) is 4.14. The molecule has 6 nitrogen and oxygen atoms in total. The van der Waals surface area contributed by atoms with Crippen molar-refractivity contribution < 1.29 is 19.7 Å². The van der Waals surface area contributed by atoms with Crippen LogP contribution in [0.3, 0.4) is 0 Å². The number of ether oxygens (including phenoxy) is 2. The van der Waals surface area contributed by atoms with Crippen LogP contribution in [0.2, 0.25) is 0 Å². The molecule has 0 aromatic heterocycles. The van der Waals surface area contributed by atoms with Crippen LogP contribution < -0.4 is 14.4 Å². The smallest absolute Gasteiger partial charge is 0.262 e. The van der Waals surface area contributed by atoms with Crippen molar-refractivity contribution in [1.82, 2.24) is 4.90 Å². The molecule has 3 N–H and O–H groups in total. The summed E-state index contributed by atoms with van der Waals surface area (Å²) in [6.45, 7) is 7.35. The van der Waals surface area contributed by atoms with Crippen LogP contribution in [-0.4, -0.2) is 54.7 Å². The first kappa shape index (κ1) is 26.6. The molecule has 3 aromatic rings. The van der Waals surface area contributed by atoms with Gasteiger partial charge in [-0.2, -0.15) is 0 Å². The van der Waals surface area contributed by atoms with Crippen molar-refractivity contribution >= 4 is 5.69 Å². The number of aliphatic hydroxyl groups is 1. The van der Waals surface area contributed by atoms with Gasteiger partial charge in [0.05, 0.1) is 19.4 Å².